The number of hydrogen-bond acceptors (Lipinski definition) is 3. The van der Waals surface area contributed by atoms with Gasteiger partial charge in [-0.05, 0) is 24.3 Å². The first-order valence-electron chi connectivity index (χ1n) is 13.7. The summed E-state index contributed by atoms with van der Waals surface area (Å²) in [5.41, 5.74) is 0.878. The maximum Gasteiger partial charge on any atom is 4.00 e. The molecule has 2 aromatic rings. The van der Waals surface area contributed by atoms with Crippen molar-refractivity contribution in [3.05, 3.63) is 79.0 Å². The average Bonchev–Trinajstić information content (AvgIpc) is 3.64. The first-order valence-corrected chi connectivity index (χ1v) is 15.2. The third-order valence-electron chi connectivity index (χ3n) is 6.12. The first kappa shape index (κ1) is 32.9. The number of unbranched alkanes of at least 4 members (excludes halogenated alkanes) is 2. The molecule has 2 aliphatic carbocycles. The standard InChI is InChI=1S/C21H25O3P.2C5H10.Zr/c1-3-5-8-13-19(4-2)18-25(22,23-20-14-9-6-10-15-20)24-21-16-11-7-12-17-21;2*1-2-4-5-3-1;/h6-7,9-12,14-17H,2-5,8,13H2,1H3;2*1-5H2;/q-2;;;+4. The predicted octanol–water partition coefficient (Wildman–Crippen LogP) is 10.7. The van der Waals surface area contributed by atoms with Crippen LogP contribution in [-0.2, 0) is 30.8 Å². The Morgan fingerprint density at radius 2 is 1.14 bits per heavy atom. The summed E-state index contributed by atoms with van der Waals surface area (Å²) < 4.78 is 24.8. The molecule has 0 spiro atoms. The van der Waals surface area contributed by atoms with E-state index in [1.54, 1.807) is 24.3 Å². The first-order chi connectivity index (χ1) is 17.1. The van der Waals surface area contributed by atoms with Gasteiger partial charge in [0, 0.05) is 0 Å². The maximum absolute atomic E-state index is 13.3. The van der Waals surface area contributed by atoms with Crippen LogP contribution in [0.25, 0.3) is 0 Å². The molecule has 0 N–H and O–H groups in total. The van der Waals surface area contributed by atoms with E-state index >= 15 is 0 Å². The molecular weight excluding hydrogens is 543 g/mol. The normalized spacial score (nSPS) is 15.0. The van der Waals surface area contributed by atoms with Gasteiger partial charge < -0.3 is 21.8 Å². The van der Waals surface area contributed by atoms with Crippen LogP contribution in [0.1, 0.15) is 103 Å². The minimum absolute atomic E-state index is 0. The van der Waals surface area contributed by atoms with Gasteiger partial charge in [0.15, 0.2) is 0 Å². The van der Waals surface area contributed by atoms with Crippen LogP contribution in [0.15, 0.2) is 66.2 Å². The van der Waals surface area contributed by atoms with Gasteiger partial charge in [-0.15, -0.1) is 0 Å². The summed E-state index contributed by atoms with van der Waals surface area (Å²) in [5.74, 6) is 3.99. The molecule has 0 aromatic heterocycles. The zero-order valence-corrected chi connectivity index (χ0v) is 25.6. The van der Waals surface area contributed by atoms with E-state index in [2.05, 4.69) is 19.7 Å². The van der Waals surface area contributed by atoms with Crippen molar-refractivity contribution in [1.29, 1.82) is 0 Å². The Morgan fingerprint density at radius 3 is 1.47 bits per heavy atom. The van der Waals surface area contributed by atoms with Gasteiger partial charge in [-0.25, -0.2) is 0 Å². The monoisotopic (exact) mass is 586 g/mol. The minimum Gasteiger partial charge on any atom is -0.436 e. The van der Waals surface area contributed by atoms with Crippen molar-refractivity contribution >= 4 is 7.60 Å². The molecule has 36 heavy (non-hydrogen) atoms. The molecule has 0 bridgehead atoms. The van der Waals surface area contributed by atoms with Gasteiger partial charge in [-0.2, -0.15) is 6.42 Å². The molecule has 194 valence electrons. The Morgan fingerprint density at radius 1 is 0.750 bits per heavy atom. The Balaban J connectivity index is 0.000000484. The Hall–Kier alpha value is -1.11. The zero-order chi connectivity index (χ0) is 25.0. The maximum atomic E-state index is 13.3. The number of allylic oxidation sites excluding steroid dienone is 1. The van der Waals surface area contributed by atoms with Crippen LogP contribution in [0, 0.1) is 12.7 Å². The van der Waals surface area contributed by atoms with E-state index in [-0.39, 0.29) is 26.2 Å². The summed E-state index contributed by atoms with van der Waals surface area (Å²) in [4.78, 5) is 0. The van der Waals surface area contributed by atoms with Gasteiger partial charge in [0.25, 0.3) is 7.60 Å². The molecule has 2 aliphatic rings. The number of hydrogen-bond donors (Lipinski definition) is 0. The van der Waals surface area contributed by atoms with Crippen molar-refractivity contribution in [2.75, 3.05) is 0 Å². The third-order valence-corrected chi connectivity index (χ3v) is 7.61. The Bertz CT molecular complexity index is 776. The summed E-state index contributed by atoms with van der Waals surface area (Å²) in [6.07, 6.45) is 19.6. The van der Waals surface area contributed by atoms with E-state index < -0.39 is 7.60 Å². The van der Waals surface area contributed by atoms with E-state index in [4.69, 9.17) is 9.05 Å². The summed E-state index contributed by atoms with van der Waals surface area (Å²) in [5, 5.41) is 0. The van der Waals surface area contributed by atoms with Crippen LogP contribution in [0.4, 0.5) is 0 Å². The van der Waals surface area contributed by atoms with E-state index in [0.717, 1.165) is 31.3 Å². The molecule has 2 aromatic carbocycles. The SMILES string of the molecule is C1CCCC1.C1CCCC1.[CH2-]CC(=[C-]P(=O)(Oc1ccccc1)Oc1ccccc1)CCCCC.[Zr+4]. The molecule has 4 rings (SSSR count). The quantitative estimate of drug-likeness (QED) is 0.158. The zero-order valence-electron chi connectivity index (χ0n) is 22.3. The molecule has 2 fully saturated rings. The van der Waals surface area contributed by atoms with E-state index in [1.165, 1.54) is 64.2 Å². The second kappa shape index (κ2) is 20.9. The number of para-hydroxylation sites is 2. The van der Waals surface area contributed by atoms with Crippen molar-refractivity contribution in [2.45, 2.75) is 103 Å². The van der Waals surface area contributed by atoms with Gasteiger partial charge in [-0.3, -0.25) is 10.1 Å². The third kappa shape index (κ3) is 15.2. The molecule has 3 nitrogen and oxygen atoms in total. The van der Waals surface area contributed by atoms with Crippen molar-refractivity contribution in [2.24, 2.45) is 0 Å². The molecule has 0 heterocycles. The topological polar surface area (TPSA) is 35.5 Å². The van der Waals surface area contributed by atoms with Gasteiger partial charge >= 0.3 is 26.2 Å². The van der Waals surface area contributed by atoms with Crippen LogP contribution in [-0.4, -0.2) is 0 Å². The predicted molar refractivity (Wildman–Crippen MR) is 149 cm³/mol. The number of rotatable bonds is 10. The Kier molecular flexibility index (Phi) is 19.1. The van der Waals surface area contributed by atoms with Crippen LogP contribution in [0.5, 0.6) is 11.5 Å². The van der Waals surface area contributed by atoms with Crippen molar-refractivity contribution in [3.8, 4) is 11.5 Å². The second-order valence-corrected chi connectivity index (χ2v) is 10.8. The van der Waals surface area contributed by atoms with Crippen molar-refractivity contribution in [1.82, 2.24) is 0 Å². The second-order valence-electron chi connectivity index (χ2n) is 9.26. The van der Waals surface area contributed by atoms with Crippen LogP contribution in [0.3, 0.4) is 0 Å². The summed E-state index contributed by atoms with van der Waals surface area (Å²) >= 11 is 0. The van der Waals surface area contributed by atoms with Gasteiger partial charge in [0.05, 0.1) is 0 Å². The molecule has 5 heteroatoms. The van der Waals surface area contributed by atoms with Crippen molar-refractivity contribution < 1.29 is 39.8 Å². The van der Waals surface area contributed by atoms with Gasteiger partial charge in [-0.1, -0.05) is 133 Å². The Labute approximate surface area is 240 Å². The molecule has 0 radical (unpaired) electrons. The van der Waals surface area contributed by atoms with Gasteiger partial charge in [0.1, 0.15) is 11.5 Å². The van der Waals surface area contributed by atoms with Gasteiger partial charge in [0.2, 0.25) is 0 Å². The molecule has 0 amide bonds. The number of benzene rings is 2. The van der Waals surface area contributed by atoms with E-state index in [9.17, 15) is 4.57 Å². The smallest absolute Gasteiger partial charge is 0.436 e. The fourth-order valence-electron chi connectivity index (χ4n) is 4.09. The average molecular weight is 588 g/mol. The minimum atomic E-state index is -3.61. The van der Waals surface area contributed by atoms with Crippen LogP contribution < -0.4 is 9.05 Å². The molecule has 2 saturated carbocycles. The molecule has 0 unspecified atom stereocenters. The fourth-order valence-corrected chi connectivity index (χ4v) is 5.63. The molecule has 0 aliphatic heterocycles. The summed E-state index contributed by atoms with van der Waals surface area (Å²) in [7, 11) is -3.61. The van der Waals surface area contributed by atoms with Crippen LogP contribution in [0.2, 0.25) is 0 Å². The molecular formula is C31H45O3PZr+2. The molecule has 0 atom stereocenters. The molecule has 0 saturated heterocycles. The fraction of sp³-hybridized carbons (Fsp3) is 0.516. The largest absolute Gasteiger partial charge is 4.00 e. The summed E-state index contributed by atoms with van der Waals surface area (Å²) in [6.45, 7) is 6.08. The van der Waals surface area contributed by atoms with E-state index in [1.807, 2.05) is 36.4 Å². The van der Waals surface area contributed by atoms with E-state index in [0.29, 0.717) is 17.9 Å². The van der Waals surface area contributed by atoms with Crippen molar-refractivity contribution in [3.63, 3.8) is 0 Å². The van der Waals surface area contributed by atoms with Crippen LogP contribution >= 0.6 is 7.60 Å². The summed E-state index contributed by atoms with van der Waals surface area (Å²) in [6, 6.07) is 18.1.